The molecule has 206 valence electrons. The largest absolute Gasteiger partial charge is 0.428 e. The van der Waals surface area contributed by atoms with E-state index in [0.29, 0.717) is 17.2 Å². The van der Waals surface area contributed by atoms with Crippen molar-refractivity contribution >= 4 is 30.1 Å². The molecule has 0 bridgehead atoms. The van der Waals surface area contributed by atoms with Crippen LogP contribution in [0.5, 0.6) is 0 Å². The van der Waals surface area contributed by atoms with E-state index >= 15 is 0 Å². The number of alkyl halides is 3. The molecule has 2 aromatic carbocycles. The molecule has 2 fully saturated rings. The van der Waals surface area contributed by atoms with Crippen LogP contribution in [0, 0.1) is 0 Å². The smallest absolute Gasteiger partial charge is 0.370 e. The van der Waals surface area contributed by atoms with Gasteiger partial charge in [0, 0.05) is 42.3 Å². The van der Waals surface area contributed by atoms with Crippen molar-refractivity contribution in [2.24, 2.45) is 0 Å². The van der Waals surface area contributed by atoms with Gasteiger partial charge in [-0.1, -0.05) is 41.9 Å². The summed E-state index contributed by atoms with van der Waals surface area (Å²) < 4.78 is 37.2. The second kappa shape index (κ2) is 12.4. The number of nitrogens with zero attached hydrogens (tertiary/aromatic N) is 3. The van der Waals surface area contributed by atoms with E-state index in [1.807, 2.05) is 7.05 Å². The monoisotopic (exact) mass is 553 g/mol. The molecule has 4 rings (SSSR count). The van der Waals surface area contributed by atoms with E-state index in [0.717, 1.165) is 44.6 Å². The first-order chi connectivity index (χ1) is 17.9. The third kappa shape index (κ3) is 6.61. The molecule has 2 aliphatic heterocycles. The van der Waals surface area contributed by atoms with Gasteiger partial charge in [0.2, 0.25) is 5.60 Å². The zero-order valence-electron chi connectivity index (χ0n) is 21.2. The number of aliphatic hydroxyl groups is 1. The third-order valence-electron chi connectivity index (χ3n) is 7.15. The lowest BCUT2D eigenvalue weighted by molar-refractivity contribution is -0.249. The molecule has 0 aromatic heterocycles. The highest BCUT2D eigenvalue weighted by molar-refractivity contribution is 6.30. The molecule has 1 amide bonds. The molecular weight excluding hydrogens is 523 g/mol. The van der Waals surface area contributed by atoms with Crippen LogP contribution in [0.25, 0.3) is 0 Å². The van der Waals surface area contributed by atoms with Gasteiger partial charge in [-0.25, -0.2) is 0 Å². The number of likely N-dealkylation sites (tertiary alicyclic amines) is 2. The number of amides is 1. The minimum atomic E-state index is -5.07. The minimum Gasteiger partial charge on any atom is -0.370 e. The highest BCUT2D eigenvalue weighted by Gasteiger charge is 2.55. The van der Waals surface area contributed by atoms with E-state index in [2.05, 4.69) is 16.8 Å². The van der Waals surface area contributed by atoms with Crippen molar-refractivity contribution in [3.63, 3.8) is 0 Å². The van der Waals surface area contributed by atoms with Crippen molar-refractivity contribution in [1.82, 2.24) is 14.7 Å². The van der Waals surface area contributed by atoms with Gasteiger partial charge in [-0.3, -0.25) is 19.3 Å². The molecule has 11 heteroatoms. The molecule has 1 unspecified atom stereocenters. The summed E-state index contributed by atoms with van der Waals surface area (Å²) in [5.74, 6) is -0.0549. The highest BCUT2D eigenvalue weighted by atomic mass is 35.5. The van der Waals surface area contributed by atoms with Gasteiger partial charge in [-0.15, -0.1) is 0 Å². The zero-order chi connectivity index (χ0) is 28.1. The summed E-state index contributed by atoms with van der Waals surface area (Å²) in [6, 6.07) is 12.4. The summed E-state index contributed by atoms with van der Waals surface area (Å²) in [5, 5.41) is 9.21. The fraction of sp³-hybridized carbons (Fsp3) is 0.444. The SMILES string of the molecule is CN1CCC(N2CC(N(C)C(=O)c3ccccc3C=O)C2)CC1.O=CC(O)(c1cccc(Cl)c1)C(F)(F)F. The molecule has 0 spiro atoms. The van der Waals surface area contributed by atoms with E-state index < -0.39 is 23.6 Å². The lowest BCUT2D eigenvalue weighted by Crippen LogP contribution is -2.63. The van der Waals surface area contributed by atoms with E-state index in [1.54, 1.807) is 29.2 Å². The van der Waals surface area contributed by atoms with Gasteiger partial charge < -0.3 is 14.9 Å². The first-order valence-electron chi connectivity index (χ1n) is 12.2. The average Bonchev–Trinajstić information content (AvgIpc) is 2.87. The number of carbonyl (C=O) groups excluding carboxylic acids is 3. The van der Waals surface area contributed by atoms with Crippen LogP contribution >= 0.6 is 11.6 Å². The number of piperidine rings is 1. The van der Waals surface area contributed by atoms with Gasteiger partial charge in [0.15, 0.2) is 12.6 Å². The maximum atomic E-state index is 12.6. The van der Waals surface area contributed by atoms with Crippen molar-refractivity contribution in [2.45, 2.75) is 36.7 Å². The molecule has 2 heterocycles. The third-order valence-corrected chi connectivity index (χ3v) is 7.38. The summed E-state index contributed by atoms with van der Waals surface area (Å²) >= 11 is 5.46. The van der Waals surface area contributed by atoms with Crippen LogP contribution in [0.4, 0.5) is 13.2 Å². The highest BCUT2D eigenvalue weighted by Crippen LogP contribution is 2.37. The van der Waals surface area contributed by atoms with Crippen molar-refractivity contribution in [3.05, 3.63) is 70.2 Å². The van der Waals surface area contributed by atoms with E-state index in [-0.39, 0.29) is 17.0 Å². The Morgan fingerprint density at radius 3 is 2.26 bits per heavy atom. The molecule has 0 radical (unpaired) electrons. The lowest BCUT2D eigenvalue weighted by atomic mass is 9.95. The molecular formula is C27H31ClF3N3O4. The molecule has 7 nitrogen and oxygen atoms in total. The number of hydrogen-bond donors (Lipinski definition) is 1. The van der Waals surface area contributed by atoms with Crippen molar-refractivity contribution in [3.8, 4) is 0 Å². The Morgan fingerprint density at radius 2 is 1.71 bits per heavy atom. The van der Waals surface area contributed by atoms with Crippen LogP contribution in [-0.4, -0.2) is 96.8 Å². The Kier molecular flexibility index (Phi) is 9.69. The second-order valence-corrected chi connectivity index (χ2v) is 10.1. The van der Waals surface area contributed by atoms with Gasteiger partial charge in [-0.05, 0) is 51.2 Å². The van der Waals surface area contributed by atoms with Gasteiger partial charge in [0.25, 0.3) is 5.91 Å². The van der Waals surface area contributed by atoms with E-state index in [9.17, 15) is 32.7 Å². The van der Waals surface area contributed by atoms with E-state index in [1.165, 1.54) is 25.0 Å². The number of hydrogen-bond acceptors (Lipinski definition) is 6. The van der Waals surface area contributed by atoms with E-state index in [4.69, 9.17) is 11.6 Å². The number of benzene rings is 2. The maximum Gasteiger partial charge on any atom is 0.428 e. The van der Waals surface area contributed by atoms with Crippen molar-refractivity contribution in [2.75, 3.05) is 40.3 Å². The number of rotatable bonds is 6. The average molecular weight is 554 g/mol. The second-order valence-electron chi connectivity index (χ2n) is 9.66. The minimum absolute atomic E-state index is 0.0111. The summed E-state index contributed by atoms with van der Waals surface area (Å²) in [5.41, 5.74) is -3.13. The fourth-order valence-corrected chi connectivity index (χ4v) is 4.76. The van der Waals surface area contributed by atoms with Crippen molar-refractivity contribution < 1.29 is 32.7 Å². The summed E-state index contributed by atoms with van der Waals surface area (Å²) in [6.07, 6.45) is -2.44. The van der Waals surface area contributed by atoms with Gasteiger partial charge in [0.1, 0.15) is 0 Å². The van der Waals surface area contributed by atoms with Crippen LogP contribution in [0.2, 0.25) is 5.02 Å². The number of carbonyl (C=O) groups is 3. The molecule has 2 aromatic rings. The predicted octanol–water partition coefficient (Wildman–Crippen LogP) is 3.64. The topological polar surface area (TPSA) is 81.2 Å². The summed E-state index contributed by atoms with van der Waals surface area (Å²) in [7, 11) is 4.02. The standard InChI is InChI=1S/C18H25N3O2.C9H6ClF3O2/c1-19-9-7-15(8-10-19)21-11-16(12-21)20(2)18(23)17-6-4-3-5-14(17)13-22;10-7-3-1-2-6(4-7)8(15,5-14)9(11,12)13/h3-6,13,15-16H,7-12H2,1-2H3;1-5,15H. The van der Waals surface area contributed by atoms with Gasteiger partial charge in [-0.2, -0.15) is 13.2 Å². The molecule has 38 heavy (non-hydrogen) atoms. The molecule has 1 N–H and O–H groups in total. The zero-order valence-corrected chi connectivity index (χ0v) is 22.0. The Morgan fingerprint density at radius 1 is 1.08 bits per heavy atom. The first kappa shape index (κ1) is 29.8. The maximum absolute atomic E-state index is 12.6. The van der Waals surface area contributed by atoms with Gasteiger partial charge >= 0.3 is 6.18 Å². The Bertz CT molecular complexity index is 1130. The van der Waals surface area contributed by atoms with Crippen LogP contribution < -0.4 is 0 Å². The molecule has 2 saturated heterocycles. The lowest BCUT2D eigenvalue weighted by Gasteiger charge is -2.49. The first-order valence-corrected chi connectivity index (χ1v) is 12.5. The predicted molar refractivity (Wildman–Crippen MR) is 137 cm³/mol. The number of aldehydes is 2. The van der Waals surface area contributed by atoms with Crippen LogP contribution in [0.1, 0.15) is 39.1 Å². The summed E-state index contributed by atoms with van der Waals surface area (Å²) in [6.45, 7) is 4.21. The fourth-order valence-electron chi connectivity index (χ4n) is 4.57. The summed E-state index contributed by atoms with van der Waals surface area (Å²) in [4.78, 5) is 40.8. The van der Waals surface area contributed by atoms with Gasteiger partial charge in [0.05, 0.1) is 11.6 Å². The van der Waals surface area contributed by atoms with Crippen LogP contribution in [0.15, 0.2) is 48.5 Å². The van der Waals surface area contributed by atoms with Crippen LogP contribution in [0.3, 0.4) is 0 Å². The molecule has 2 aliphatic rings. The Labute approximate surface area is 224 Å². The molecule has 1 atom stereocenters. The van der Waals surface area contributed by atoms with Crippen LogP contribution in [-0.2, 0) is 10.4 Å². The van der Waals surface area contributed by atoms with Crippen molar-refractivity contribution in [1.29, 1.82) is 0 Å². The number of halogens is 4. The molecule has 0 saturated carbocycles. The quantitative estimate of drug-likeness (QED) is 0.550. The Hall–Kier alpha value is -2.79. The normalized spacial score (nSPS) is 18.9. The Balaban J connectivity index is 0.000000232. The molecule has 0 aliphatic carbocycles. The number of likely N-dealkylation sites (N-methyl/N-ethyl adjacent to an activating group) is 1.